The number of carbonyl (C=O) groups is 2. The number of para-hydroxylation sites is 1. The Morgan fingerprint density at radius 1 is 1.00 bits per heavy atom. The first kappa shape index (κ1) is 26.0. The molecule has 8 heteroatoms. The summed E-state index contributed by atoms with van der Waals surface area (Å²) in [6.07, 6.45) is 2.80. The zero-order valence-corrected chi connectivity index (χ0v) is 20.7. The Balaban J connectivity index is 1.64. The van der Waals surface area contributed by atoms with Crippen LogP contribution in [-0.2, 0) is 28.9 Å². The van der Waals surface area contributed by atoms with Crippen molar-refractivity contribution in [2.45, 2.75) is 33.2 Å². The summed E-state index contributed by atoms with van der Waals surface area (Å²) in [6.45, 7) is 4.34. The normalized spacial score (nSPS) is 10.5. The summed E-state index contributed by atoms with van der Waals surface area (Å²) >= 11 is 6.11. The zero-order chi connectivity index (χ0) is 25.0. The first-order valence-corrected chi connectivity index (χ1v) is 11.9. The molecule has 0 bridgehead atoms. The molecule has 0 aliphatic rings. The third-order valence-electron chi connectivity index (χ3n) is 5.11. The fraction of sp³-hybridized carbons (Fsp3) is 0.296. The summed E-state index contributed by atoms with van der Waals surface area (Å²) in [5.74, 6) is 0.339. The van der Waals surface area contributed by atoms with E-state index >= 15 is 0 Å². The van der Waals surface area contributed by atoms with E-state index in [0.29, 0.717) is 23.8 Å². The van der Waals surface area contributed by atoms with E-state index in [2.05, 4.69) is 18.0 Å². The molecule has 184 valence electrons. The minimum atomic E-state index is -0.709. The van der Waals surface area contributed by atoms with Gasteiger partial charge >= 0.3 is 12.1 Å². The molecule has 0 aliphatic carbocycles. The molecular weight excluding hydrogens is 468 g/mol. The van der Waals surface area contributed by atoms with Gasteiger partial charge in [0.2, 0.25) is 0 Å². The number of ether oxygens (including phenoxy) is 3. The van der Waals surface area contributed by atoms with E-state index in [9.17, 15) is 9.59 Å². The molecule has 0 unspecified atom stereocenters. The fourth-order valence-corrected chi connectivity index (χ4v) is 3.45. The van der Waals surface area contributed by atoms with Crippen molar-refractivity contribution < 1.29 is 23.8 Å². The summed E-state index contributed by atoms with van der Waals surface area (Å²) in [6, 6.07) is 18.1. The molecule has 0 saturated carbocycles. The van der Waals surface area contributed by atoms with Gasteiger partial charge in [-0.15, -0.1) is 0 Å². The monoisotopic (exact) mass is 496 g/mol. The number of hydrogen-bond donors (Lipinski definition) is 0. The van der Waals surface area contributed by atoms with Gasteiger partial charge in [0, 0.05) is 24.9 Å². The molecule has 1 amide bonds. The Bertz CT molecular complexity index is 1120. The lowest BCUT2D eigenvalue weighted by molar-refractivity contribution is -0.144. The standard InChI is InChI=1S/C27H29ClN2O5/c1-3-20-12-13-22(29-17-20)14-15-34-23-9-7-8-21(16-23)18-30(19-26(31)33-4-2)27(32)35-25-11-6-5-10-24(25)28/h5-13,16-17H,3-4,14-15,18-19H2,1-2H3. The molecule has 1 heterocycles. The van der Waals surface area contributed by atoms with Crippen LogP contribution in [0.1, 0.15) is 30.7 Å². The summed E-state index contributed by atoms with van der Waals surface area (Å²) < 4.78 is 16.3. The van der Waals surface area contributed by atoms with Crippen LogP contribution in [0.25, 0.3) is 0 Å². The molecule has 1 aromatic heterocycles. The maximum atomic E-state index is 12.9. The number of aryl methyl sites for hydroxylation is 1. The SMILES string of the molecule is CCOC(=O)CN(Cc1cccc(OCCc2ccc(CC)cn2)c1)C(=O)Oc1ccccc1Cl. The number of pyridine rings is 1. The van der Waals surface area contributed by atoms with Crippen LogP contribution < -0.4 is 9.47 Å². The quantitative estimate of drug-likeness (QED) is 0.327. The zero-order valence-electron chi connectivity index (χ0n) is 19.9. The Hall–Kier alpha value is -3.58. The summed E-state index contributed by atoms with van der Waals surface area (Å²) in [5, 5.41) is 0.297. The Morgan fingerprint density at radius 3 is 2.54 bits per heavy atom. The number of benzene rings is 2. The average Bonchev–Trinajstić information content (AvgIpc) is 2.86. The molecule has 3 rings (SSSR count). The van der Waals surface area contributed by atoms with Crippen LogP contribution in [0.2, 0.25) is 5.02 Å². The van der Waals surface area contributed by atoms with Gasteiger partial charge in [0.1, 0.15) is 12.3 Å². The Kier molecular flexibility index (Phi) is 9.93. The van der Waals surface area contributed by atoms with Crippen LogP contribution in [-0.4, -0.2) is 41.7 Å². The number of halogens is 1. The lowest BCUT2D eigenvalue weighted by Gasteiger charge is -2.21. The number of amides is 1. The van der Waals surface area contributed by atoms with Gasteiger partial charge in [-0.1, -0.05) is 48.9 Å². The van der Waals surface area contributed by atoms with E-state index in [-0.39, 0.29) is 25.4 Å². The van der Waals surface area contributed by atoms with E-state index in [1.54, 1.807) is 31.2 Å². The van der Waals surface area contributed by atoms with E-state index in [1.807, 2.05) is 36.5 Å². The molecule has 0 aliphatic heterocycles. The van der Waals surface area contributed by atoms with Crippen LogP contribution >= 0.6 is 11.6 Å². The molecule has 0 fully saturated rings. The second kappa shape index (κ2) is 13.3. The highest BCUT2D eigenvalue weighted by molar-refractivity contribution is 6.32. The molecule has 35 heavy (non-hydrogen) atoms. The second-order valence-electron chi connectivity index (χ2n) is 7.72. The van der Waals surface area contributed by atoms with Gasteiger partial charge in [0.15, 0.2) is 5.75 Å². The predicted molar refractivity (Wildman–Crippen MR) is 134 cm³/mol. The van der Waals surface area contributed by atoms with Crippen molar-refractivity contribution in [2.24, 2.45) is 0 Å². The molecule has 3 aromatic rings. The average molecular weight is 497 g/mol. The van der Waals surface area contributed by atoms with Crippen LogP contribution in [0, 0.1) is 0 Å². The number of aromatic nitrogens is 1. The molecule has 0 N–H and O–H groups in total. The minimum Gasteiger partial charge on any atom is -0.493 e. The van der Waals surface area contributed by atoms with Gasteiger partial charge in [-0.05, 0) is 54.8 Å². The van der Waals surface area contributed by atoms with Crippen molar-refractivity contribution in [3.05, 3.63) is 88.7 Å². The van der Waals surface area contributed by atoms with Crippen LogP contribution in [0.3, 0.4) is 0 Å². The Labute approximate surface area is 210 Å². The number of carbonyl (C=O) groups excluding carboxylic acids is 2. The fourth-order valence-electron chi connectivity index (χ4n) is 3.27. The molecule has 7 nitrogen and oxygen atoms in total. The summed E-state index contributed by atoms with van der Waals surface area (Å²) in [4.78, 5) is 30.7. The maximum Gasteiger partial charge on any atom is 0.416 e. The predicted octanol–water partition coefficient (Wildman–Crippen LogP) is 5.48. The van der Waals surface area contributed by atoms with Gasteiger partial charge in [-0.2, -0.15) is 0 Å². The van der Waals surface area contributed by atoms with Crippen LogP contribution in [0.15, 0.2) is 66.9 Å². The van der Waals surface area contributed by atoms with Gasteiger partial charge in [-0.25, -0.2) is 4.79 Å². The van der Waals surface area contributed by atoms with Crippen molar-refractivity contribution in [1.29, 1.82) is 0 Å². The van der Waals surface area contributed by atoms with Gasteiger partial charge in [0.25, 0.3) is 0 Å². The third-order valence-corrected chi connectivity index (χ3v) is 5.42. The number of esters is 1. The maximum absolute atomic E-state index is 12.9. The van der Waals surface area contributed by atoms with Crippen molar-refractivity contribution in [3.63, 3.8) is 0 Å². The topological polar surface area (TPSA) is 78.0 Å². The number of rotatable bonds is 11. The largest absolute Gasteiger partial charge is 0.493 e. The number of nitrogens with zero attached hydrogens (tertiary/aromatic N) is 2. The highest BCUT2D eigenvalue weighted by Gasteiger charge is 2.21. The third kappa shape index (κ3) is 8.30. The van der Waals surface area contributed by atoms with Crippen LogP contribution in [0.5, 0.6) is 11.5 Å². The van der Waals surface area contributed by atoms with Crippen molar-refractivity contribution >= 4 is 23.7 Å². The first-order chi connectivity index (χ1) is 17.0. The molecule has 0 saturated heterocycles. The summed E-state index contributed by atoms with van der Waals surface area (Å²) in [7, 11) is 0. The van der Waals surface area contributed by atoms with Crippen LogP contribution in [0.4, 0.5) is 4.79 Å². The highest BCUT2D eigenvalue weighted by Crippen LogP contribution is 2.24. The molecule has 0 spiro atoms. The lowest BCUT2D eigenvalue weighted by atomic mass is 10.2. The highest BCUT2D eigenvalue weighted by atomic mass is 35.5. The summed E-state index contributed by atoms with van der Waals surface area (Å²) in [5.41, 5.74) is 2.93. The second-order valence-corrected chi connectivity index (χ2v) is 8.12. The first-order valence-electron chi connectivity index (χ1n) is 11.5. The molecular formula is C27H29ClN2O5. The minimum absolute atomic E-state index is 0.124. The van der Waals surface area contributed by atoms with Crippen molar-refractivity contribution in [2.75, 3.05) is 19.8 Å². The smallest absolute Gasteiger partial charge is 0.416 e. The van der Waals surface area contributed by atoms with Gasteiger partial charge < -0.3 is 14.2 Å². The molecule has 2 aromatic carbocycles. The molecule has 0 atom stereocenters. The van der Waals surface area contributed by atoms with E-state index < -0.39 is 12.1 Å². The van der Waals surface area contributed by atoms with Crippen molar-refractivity contribution in [3.8, 4) is 11.5 Å². The van der Waals surface area contributed by atoms with E-state index in [0.717, 1.165) is 17.7 Å². The van der Waals surface area contributed by atoms with E-state index in [1.165, 1.54) is 10.5 Å². The van der Waals surface area contributed by atoms with E-state index in [4.69, 9.17) is 25.8 Å². The number of hydrogen-bond acceptors (Lipinski definition) is 6. The van der Waals surface area contributed by atoms with Gasteiger partial charge in [0.05, 0.1) is 18.2 Å². The lowest BCUT2D eigenvalue weighted by Crippen LogP contribution is -2.38. The molecule has 0 radical (unpaired) electrons. The van der Waals surface area contributed by atoms with Crippen molar-refractivity contribution in [1.82, 2.24) is 9.88 Å². The Morgan fingerprint density at radius 2 is 1.83 bits per heavy atom. The van der Waals surface area contributed by atoms with Gasteiger partial charge in [-0.3, -0.25) is 14.7 Å².